The molecule has 0 atom stereocenters. The van der Waals surface area contributed by atoms with E-state index >= 15 is 0 Å². The van der Waals surface area contributed by atoms with Gasteiger partial charge in [0.05, 0.1) is 5.56 Å². The van der Waals surface area contributed by atoms with Crippen molar-refractivity contribution in [3.8, 4) is 0 Å². The Morgan fingerprint density at radius 1 is 1.00 bits per heavy atom. The molecule has 0 nitrogen and oxygen atoms in total. The summed E-state index contributed by atoms with van der Waals surface area (Å²) in [5.41, 5.74) is -0.572. The predicted octanol–water partition coefficient (Wildman–Crippen LogP) is 0.696. The van der Waals surface area contributed by atoms with Crippen LogP contribution in [0.5, 0.6) is 0 Å². The first-order valence-electron chi connectivity index (χ1n) is 3.14. The second-order valence-corrected chi connectivity index (χ2v) is 3.52. The Morgan fingerprint density at radius 3 is 1.82 bits per heavy atom. The molecule has 60 valence electrons. The lowest BCUT2D eigenvalue weighted by Gasteiger charge is -2.05. The van der Waals surface area contributed by atoms with E-state index in [0.29, 0.717) is 0 Å². The summed E-state index contributed by atoms with van der Waals surface area (Å²) >= 11 is 0. The highest BCUT2D eigenvalue weighted by Crippen LogP contribution is 2.27. The first-order chi connectivity index (χ1) is 5.00. The number of alkyl halides is 3. The second kappa shape index (κ2) is 2.69. The van der Waals surface area contributed by atoms with Crippen LogP contribution >= 0.6 is 0 Å². The third kappa shape index (κ3) is 2.08. The van der Waals surface area contributed by atoms with Crippen LogP contribution < -0.4 is 5.19 Å². The van der Waals surface area contributed by atoms with E-state index in [1.54, 1.807) is 0 Å². The molecule has 1 rings (SSSR count). The molecule has 11 heavy (non-hydrogen) atoms. The van der Waals surface area contributed by atoms with Crippen molar-refractivity contribution in [2.45, 2.75) is 6.18 Å². The molecule has 1 aromatic carbocycles. The maximum Gasteiger partial charge on any atom is 0.416 e. The summed E-state index contributed by atoms with van der Waals surface area (Å²) in [5, 5.41) is 0.970. The third-order valence-corrected chi connectivity index (χ3v) is 2.05. The van der Waals surface area contributed by atoms with Gasteiger partial charge in [-0.3, -0.25) is 0 Å². The Hall–Kier alpha value is -0.773. The van der Waals surface area contributed by atoms with Crippen molar-refractivity contribution in [2.75, 3.05) is 0 Å². The van der Waals surface area contributed by atoms with E-state index in [0.717, 1.165) is 27.6 Å². The lowest BCUT2D eigenvalue weighted by molar-refractivity contribution is -0.137. The molecule has 0 amide bonds. The number of hydrogen-bond acceptors (Lipinski definition) is 0. The lowest BCUT2D eigenvalue weighted by Crippen LogP contribution is -2.08. The van der Waals surface area contributed by atoms with E-state index < -0.39 is 11.7 Å². The SMILES string of the molecule is FC(F)(F)c1ccc([SiH3])cc1. The van der Waals surface area contributed by atoms with Crippen LogP contribution in [0, 0.1) is 0 Å². The summed E-state index contributed by atoms with van der Waals surface area (Å²) in [4.78, 5) is 0. The number of halogens is 3. The number of rotatable bonds is 0. The molecule has 0 saturated heterocycles. The van der Waals surface area contributed by atoms with Crippen LogP contribution in [0.1, 0.15) is 5.56 Å². The third-order valence-electron chi connectivity index (χ3n) is 1.38. The van der Waals surface area contributed by atoms with Crippen molar-refractivity contribution in [1.82, 2.24) is 0 Å². The van der Waals surface area contributed by atoms with Crippen molar-refractivity contribution in [2.24, 2.45) is 0 Å². The topological polar surface area (TPSA) is 0 Å². The quantitative estimate of drug-likeness (QED) is 0.510. The fourth-order valence-electron chi connectivity index (χ4n) is 0.743. The van der Waals surface area contributed by atoms with Crippen molar-refractivity contribution >= 4 is 15.4 Å². The normalized spacial score (nSPS) is 11.9. The molecule has 0 heterocycles. The zero-order valence-corrected chi connectivity index (χ0v) is 7.94. The lowest BCUT2D eigenvalue weighted by atomic mass is 10.2. The molecule has 0 radical (unpaired) electrons. The van der Waals surface area contributed by atoms with Gasteiger partial charge in [-0.25, -0.2) is 0 Å². The largest absolute Gasteiger partial charge is 0.416 e. The summed E-state index contributed by atoms with van der Waals surface area (Å²) in [7, 11) is 0.791. The molecule has 0 N–H and O–H groups in total. The van der Waals surface area contributed by atoms with Gasteiger partial charge in [0.25, 0.3) is 0 Å². The molecule has 0 aromatic heterocycles. The van der Waals surface area contributed by atoms with Gasteiger partial charge in [0.1, 0.15) is 0 Å². The molecule has 0 spiro atoms. The van der Waals surface area contributed by atoms with Gasteiger partial charge in [0.2, 0.25) is 0 Å². The van der Waals surface area contributed by atoms with Crippen LogP contribution in [0.25, 0.3) is 0 Å². The van der Waals surface area contributed by atoms with E-state index in [9.17, 15) is 13.2 Å². The summed E-state index contributed by atoms with van der Waals surface area (Å²) in [6.45, 7) is 0. The summed E-state index contributed by atoms with van der Waals surface area (Å²) in [6, 6.07) is 5.24. The van der Waals surface area contributed by atoms with Crippen molar-refractivity contribution in [3.05, 3.63) is 29.8 Å². The minimum atomic E-state index is -4.20. The molecule has 0 aliphatic rings. The summed E-state index contributed by atoms with van der Waals surface area (Å²) in [5.74, 6) is 0. The second-order valence-electron chi connectivity index (χ2n) is 2.36. The average Bonchev–Trinajstić information content (AvgIpc) is 1.86. The molecule has 0 aliphatic carbocycles. The first-order valence-corrected chi connectivity index (χ1v) is 4.14. The van der Waals surface area contributed by atoms with Crippen LogP contribution in [-0.4, -0.2) is 10.2 Å². The standard InChI is InChI=1S/C7H7F3Si/c8-7(9,10)5-1-3-6(11)4-2-5/h1-4H,11H3. The van der Waals surface area contributed by atoms with Gasteiger partial charge in [-0.1, -0.05) is 29.5 Å². The van der Waals surface area contributed by atoms with Crippen molar-refractivity contribution < 1.29 is 13.2 Å². The molecule has 0 aliphatic heterocycles. The fraction of sp³-hybridized carbons (Fsp3) is 0.143. The van der Waals surface area contributed by atoms with Crippen LogP contribution in [0.4, 0.5) is 13.2 Å². The zero-order chi connectivity index (χ0) is 8.48. The Kier molecular flexibility index (Phi) is 2.04. The van der Waals surface area contributed by atoms with Crippen molar-refractivity contribution in [1.29, 1.82) is 0 Å². The van der Waals surface area contributed by atoms with Gasteiger partial charge in [-0.2, -0.15) is 13.2 Å². The highest BCUT2D eigenvalue weighted by atomic mass is 28.1. The Labute approximate surface area is 65.5 Å². The molecular weight excluding hydrogens is 169 g/mol. The van der Waals surface area contributed by atoms with Gasteiger partial charge in [0, 0.05) is 10.2 Å². The maximum absolute atomic E-state index is 11.9. The Balaban J connectivity index is 2.99. The van der Waals surface area contributed by atoms with E-state index in [2.05, 4.69) is 0 Å². The van der Waals surface area contributed by atoms with E-state index in [1.807, 2.05) is 0 Å². The summed E-state index contributed by atoms with van der Waals surface area (Å²) in [6.07, 6.45) is -4.20. The van der Waals surface area contributed by atoms with Gasteiger partial charge >= 0.3 is 6.18 Å². The minimum absolute atomic E-state index is 0.572. The summed E-state index contributed by atoms with van der Waals surface area (Å²) < 4.78 is 35.8. The van der Waals surface area contributed by atoms with Crippen LogP contribution in [0.3, 0.4) is 0 Å². The smallest absolute Gasteiger partial charge is 0.166 e. The van der Waals surface area contributed by atoms with Crippen LogP contribution in [0.15, 0.2) is 24.3 Å². The molecule has 0 bridgehead atoms. The average molecular weight is 176 g/mol. The highest BCUT2D eigenvalue weighted by molar-refractivity contribution is 6.32. The van der Waals surface area contributed by atoms with Crippen LogP contribution in [0.2, 0.25) is 0 Å². The highest BCUT2D eigenvalue weighted by Gasteiger charge is 2.29. The monoisotopic (exact) mass is 176 g/mol. The number of benzene rings is 1. The molecule has 0 fully saturated rings. The molecule has 0 saturated carbocycles. The zero-order valence-electron chi connectivity index (χ0n) is 5.94. The molecule has 1 aromatic rings. The molecular formula is C7H7F3Si. The fourth-order valence-corrected chi connectivity index (χ4v) is 1.08. The van der Waals surface area contributed by atoms with Gasteiger partial charge in [-0.15, -0.1) is 0 Å². The van der Waals surface area contributed by atoms with Gasteiger partial charge < -0.3 is 0 Å². The first kappa shape index (κ1) is 8.32. The molecule has 0 unspecified atom stereocenters. The van der Waals surface area contributed by atoms with Crippen molar-refractivity contribution in [3.63, 3.8) is 0 Å². The molecule has 4 heteroatoms. The van der Waals surface area contributed by atoms with E-state index in [4.69, 9.17) is 0 Å². The van der Waals surface area contributed by atoms with E-state index in [-0.39, 0.29) is 0 Å². The predicted molar refractivity (Wildman–Crippen MR) is 41.0 cm³/mol. The Bertz CT molecular complexity index is 237. The van der Waals surface area contributed by atoms with Crippen LogP contribution in [-0.2, 0) is 6.18 Å². The Morgan fingerprint density at radius 2 is 1.45 bits per heavy atom. The van der Waals surface area contributed by atoms with Gasteiger partial charge in [-0.05, 0) is 0 Å². The van der Waals surface area contributed by atoms with Gasteiger partial charge in [0.15, 0.2) is 0 Å². The minimum Gasteiger partial charge on any atom is -0.166 e. The maximum atomic E-state index is 11.9. The number of hydrogen-bond donors (Lipinski definition) is 0. The van der Waals surface area contributed by atoms with E-state index in [1.165, 1.54) is 12.1 Å².